The number of aromatic hydroxyl groups is 2. The highest BCUT2D eigenvalue weighted by molar-refractivity contribution is 5.95. The van der Waals surface area contributed by atoms with Crippen LogP contribution in [0.25, 0.3) is 0 Å². The fourth-order valence-electron chi connectivity index (χ4n) is 6.06. The molecule has 9 nitrogen and oxygen atoms in total. The smallest absolute Gasteiger partial charge is 0.192 e. The number of carbonyl (C=O) groups is 2. The summed E-state index contributed by atoms with van der Waals surface area (Å²) in [5, 5.41) is 23.6. The zero-order valence-corrected chi connectivity index (χ0v) is 25.9. The molecule has 0 spiro atoms. The molecule has 1 saturated carbocycles. The van der Waals surface area contributed by atoms with E-state index in [2.05, 4.69) is 17.2 Å². The maximum absolute atomic E-state index is 13.9. The summed E-state index contributed by atoms with van der Waals surface area (Å²) < 4.78 is 10.7. The molecule has 43 heavy (non-hydrogen) atoms. The normalized spacial score (nSPS) is 16.1. The molecule has 2 aromatic carbocycles. The lowest BCUT2D eigenvalue weighted by Crippen LogP contribution is -2.29. The van der Waals surface area contributed by atoms with Gasteiger partial charge in [-0.3, -0.25) is 9.79 Å². The van der Waals surface area contributed by atoms with Crippen molar-refractivity contribution < 1.29 is 29.3 Å². The maximum Gasteiger partial charge on any atom is 0.192 e. The van der Waals surface area contributed by atoms with E-state index in [9.17, 15) is 19.8 Å². The minimum Gasteiger partial charge on any atom is -0.504 e. The number of ketones is 1. The molecule has 5 N–H and O–H groups in total. The first-order valence-electron chi connectivity index (χ1n) is 15.1. The number of phenols is 2. The van der Waals surface area contributed by atoms with Crippen molar-refractivity contribution >= 4 is 23.7 Å². The molecule has 1 aliphatic carbocycles. The van der Waals surface area contributed by atoms with Crippen molar-refractivity contribution in [2.75, 3.05) is 26.6 Å². The Balaban J connectivity index is 1.90. The first kappa shape index (κ1) is 33.5. The number of aldehydes is 1. The average molecular weight is 594 g/mol. The van der Waals surface area contributed by atoms with Gasteiger partial charge in [-0.15, -0.1) is 0 Å². The summed E-state index contributed by atoms with van der Waals surface area (Å²) in [6, 6.07) is 8.90. The van der Waals surface area contributed by atoms with Gasteiger partial charge >= 0.3 is 0 Å². The van der Waals surface area contributed by atoms with E-state index in [4.69, 9.17) is 15.2 Å². The summed E-state index contributed by atoms with van der Waals surface area (Å²) in [4.78, 5) is 29.0. The molecule has 0 radical (unpaired) electrons. The molecule has 0 bridgehead atoms. The highest BCUT2D eigenvalue weighted by Gasteiger charge is 2.39. The number of carbonyl (C=O) groups excluding carboxylic acids is 2. The number of rotatable bonds is 16. The van der Waals surface area contributed by atoms with E-state index < -0.39 is 5.41 Å². The molecule has 2 atom stereocenters. The monoisotopic (exact) mass is 593 g/mol. The maximum atomic E-state index is 13.9. The number of nitrogens with two attached hydrogens (primary N) is 1. The lowest BCUT2D eigenvalue weighted by molar-refractivity contribution is -0.123. The molecule has 1 fully saturated rings. The summed E-state index contributed by atoms with van der Waals surface area (Å²) in [5.41, 5.74) is 7.61. The Morgan fingerprint density at radius 3 is 2.42 bits per heavy atom. The lowest BCUT2D eigenvalue weighted by Gasteiger charge is -2.27. The molecule has 1 aliphatic rings. The number of hydrogen-bond donors (Lipinski definition) is 4. The number of ether oxygens (including phenoxy) is 2. The third-order valence-electron chi connectivity index (χ3n) is 8.70. The Labute approximate surface area is 255 Å². The standard InChI is InChI=1S/C34H47N3O6/c1-5-23(14-17-38)8-9-24(18-26-19-27(37-33(35)36-2)32(41)30(21-26)43-4)11-13-31(40)34(15-6-7-16-34)22-25-10-12-28(39)29(20-25)42-3/h10-13,17,19-21,23-24,39,41H,5-9,14-16,18,22H2,1-4H3,(H3,35,36,37)/t23-,24-/m1/s1. The minimum atomic E-state index is -0.498. The van der Waals surface area contributed by atoms with Crippen molar-refractivity contribution in [1.82, 2.24) is 0 Å². The van der Waals surface area contributed by atoms with Crippen molar-refractivity contribution in [3.05, 3.63) is 53.6 Å². The van der Waals surface area contributed by atoms with Gasteiger partial charge in [0.25, 0.3) is 0 Å². The SMILES string of the molecule is CC[C@@H](CC=O)CC[C@H](C=CC(=O)C1(Cc2ccc(O)c(OC)c2)CCCC1)Cc1cc(NC(N)=NC)c(O)c(OC)c1. The first-order chi connectivity index (χ1) is 20.7. The van der Waals surface area contributed by atoms with Gasteiger partial charge in [-0.25, -0.2) is 0 Å². The van der Waals surface area contributed by atoms with Gasteiger partial charge < -0.3 is 35.5 Å². The van der Waals surface area contributed by atoms with Crippen LogP contribution in [0.5, 0.6) is 23.0 Å². The molecule has 0 aliphatic heterocycles. The van der Waals surface area contributed by atoms with Crippen LogP contribution >= 0.6 is 0 Å². The van der Waals surface area contributed by atoms with Crippen molar-refractivity contribution in [3.8, 4) is 23.0 Å². The number of nitrogens with one attached hydrogen (secondary N) is 1. The molecule has 0 amide bonds. The van der Waals surface area contributed by atoms with E-state index in [0.29, 0.717) is 36.4 Å². The highest BCUT2D eigenvalue weighted by atomic mass is 16.5. The molecular weight excluding hydrogens is 546 g/mol. The number of aliphatic imine (C=N–C) groups is 1. The van der Waals surface area contributed by atoms with Gasteiger partial charge in [0, 0.05) is 18.9 Å². The molecule has 0 unspecified atom stereocenters. The summed E-state index contributed by atoms with van der Waals surface area (Å²) in [5.74, 6) is 1.28. The van der Waals surface area contributed by atoms with Gasteiger partial charge in [0.15, 0.2) is 34.7 Å². The van der Waals surface area contributed by atoms with E-state index in [-0.39, 0.29) is 35.1 Å². The molecule has 2 aromatic rings. The third-order valence-corrected chi connectivity index (χ3v) is 8.70. The van der Waals surface area contributed by atoms with E-state index in [1.165, 1.54) is 14.2 Å². The number of methoxy groups -OCH3 is 2. The molecule has 3 rings (SSSR count). The lowest BCUT2D eigenvalue weighted by atomic mass is 9.75. The molecule has 0 heterocycles. The molecule has 0 aromatic heterocycles. The van der Waals surface area contributed by atoms with Crippen LogP contribution in [0.3, 0.4) is 0 Å². The Hall–Kier alpha value is -4.01. The van der Waals surface area contributed by atoms with Crippen LogP contribution in [0.15, 0.2) is 47.5 Å². The van der Waals surface area contributed by atoms with Crippen molar-refractivity contribution in [2.24, 2.45) is 28.0 Å². The van der Waals surface area contributed by atoms with E-state index in [0.717, 1.165) is 62.4 Å². The van der Waals surface area contributed by atoms with E-state index in [1.807, 2.05) is 24.3 Å². The Bertz CT molecular complexity index is 1300. The van der Waals surface area contributed by atoms with E-state index in [1.54, 1.807) is 25.3 Å². The van der Waals surface area contributed by atoms with Crippen molar-refractivity contribution in [2.45, 2.75) is 71.1 Å². The second-order valence-corrected chi connectivity index (χ2v) is 11.5. The van der Waals surface area contributed by atoms with Crippen LogP contribution in [-0.4, -0.2) is 49.5 Å². The number of guanidine groups is 1. The predicted molar refractivity (Wildman–Crippen MR) is 170 cm³/mol. The number of phenolic OH excluding ortho intramolecular Hbond substituents is 2. The Morgan fingerprint density at radius 1 is 1.09 bits per heavy atom. The Morgan fingerprint density at radius 2 is 1.79 bits per heavy atom. The van der Waals surface area contributed by atoms with Crippen LogP contribution < -0.4 is 20.5 Å². The Kier molecular flexibility index (Phi) is 12.5. The second-order valence-electron chi connectivity index (χ2n) is 11.5. The summed E-state index contributed by atoms with van der Waals surface area (Å²) >= 11 is 0. The number of hydrogen-bond acceptors (Lipinski definition) is 7. The largest absolute Gasteiger partial charge is 0.504 e. The molecule has 9 heteroatoms. The van der Waals surface area contributed by atoms with Crippen LogP contribution in [0.2, 0.25) is 0 Å². The van der Waals surface area contributed by atoms with Crippen LogP contribution in [0.4, 0.5) is 5.69 Å². The van der Waals surface area contributed by atoms with E-state index >= 15 is 0 Å². The van der Waals surface area contributed by atoms with Crippen LogP contribution in [0.1, 0.15) is 69.4 Å². The minimum absolute atomic E-state index is 0.0103. The van der Waals surface area contributed by atoms with Crippen LogP contribution in [0, 0.1) is 17.3 Å². The van der Waals surface area contributed by atoms with Gasteiger partial charge in [-0.05, 0) is 91.8 Å². The third kappa shape index (κ3) is 8.99. The van der Waals surface area contributed by atoms with Gasteiger partial charge in [0.2, 0.25) is 0 Å². The molecule has 0 saturated heterocycles. The summed E-state index contributed by atoms with van der Waals surface area (Å²) in [6.07, 6.45) is 12.6. The number of allylic oxidation sites excluding steroid dienone is 2. The molecular formula is C34H47N3O6. The summed E-state index contributed by atoms with van der Waals surface area (Å²) in [6.45, 7) is 2.09. The number of anilines is 1. The summed E-state index contributed by atoms with van der Waals surface area (Å²) in [7, 11) is 4.56. The van der Waals surface area contributed by atoms with Gasteiger partial charge in [-0.2, -0.15) is 0 Å². The van der Waals surface area contributed by atoms with Gasteiger partial charge in [-0.1, -0.05) is 38.3 Å². The fourth-order valence-corrected chi connectivity index (χ4v) is 6.06. The molecule has 234 valence electrons. The number of nitrogens with zero attached hydrogens (tertiary/aromatic N) is 1. The van der Waals surface area contributed by atoms with Crippen LogP contribution in [-0.2, 0) is 22.4 Å². The fraction of sp³-hybridized carbons (Fsp3) is 0.500. The predicted octanol–water partition coefficient (Wildman–Crippen LogP) is 5.95. The second kappa shape index (κ2) is 16.0. The van der Waals surface area contributed by atoms with Gasteiger partial charge in [0.1, 0.15) is 6.29 Å². The van der Waals surface area contributed by atoms with Crippen molar-refractivity contribution in [3.63, 3.8) is 0 Å². The zero-order chi connectivity index (χ0) is 31.4. The highest BCUT2D eigenvalue weighted by Crippen LogP contribution is 2.43. The first-order valence-corrected chi connectivity index (χ1v) is 15.1. The zero-order valence-electron chi connectivity index (χ0n) is 25.9. The quantitative estimate of drug-likeness (QED) is 0.0614. The average Bonchev–Trinajstić information content (AvgIpc) is 3.49. The number of benzene rings is 2. The van der Waals surface area contributed by atoms with Crippen molar-refractivity contribution in [1.29, 1.82) is 0 Å². The topological polar surface area (TPSA) is 143 Å². The van der Waals surface area contributed by atoms with Gasteiger partial charge in [0.05, 0.1) is 19.9 Å².